The molecule has 7 rings (SSSR count). The molecular formula is C26H19F2N7OS. The Bertz CT molecular complexity index is 1790. The summed E-state index contributed by atoms with van der Waals surface area (Å²) < 4.78 is 29.7. The zero-order chi connectivity index (χ0) is 25.1. The number of hydrogen-bond donors (Lipinski definition) is 4. The van der Waals surface area contributed by atoms with Crippen LogP contribution in [0.4, 0.5) is 14.5 Å². The standard InChI is InChI=1S/C26H19F2N7OS/c27-19-6-5-18(37-19)23-22-17(7-8-30-23)32-25(33-22)24-20-16(34-35-24)4-3-15(21(20)28)13-9-14(11-29-10-13)31-26(36)12-1-2-12/h3-12,26,31,36H,1-2H2,(H,32,33)(H,34,35). The number of aliphatic hydroxyl groups is 1. The molecule has 0 aliphatic heterocycles. The number of nitrogens with one attached hydrogen (secondary N) is 3. The molecule has 4 N–H and O–H groups in total. The molecule has 1 aliphatic rings. The summed E-state index contributed by atoms with van der Waals surface area (Å²) in [5.74, 6) is 0.135. The summed E-state index contributed by atoms with van der Waals surface area (Å²) in [6.45, 7) is 0. The van der Waals surface area contributed by atoms with Crippen molar-refractivity contribution in [3.05, 3.63) is 65.9 Å². The number of aromatic nitrogens is 6. The summed E-state index contributed by atoms with van der Waals surface area (Å²) in [5.41, 5.74) is 4.13. The van der Waals surface area contributed by atoms with Crippen LogP contribution in [0.2, 0.25) is 0 Å². The van der Waals surface area contributed by atoms with Crippen LogP contribution in [-0.4, -0.2) is 41.5 Å². The van der Waals surface area contributed by atoms with E-state index >= 15 is 4.39 Å². The first-order chi connectivity index (χ1) is 18.0. The van der Waals surface area contributed by atoms with Crippen LogP contribution in [0.25, 0.3) is 55.2 Å². The van der Waals surface area contributed by atoms with Crippen LogP contribution < -0.4 is 5.32 Å². The smallest absolute Gasteiger partial charge is 0.177 e. The van der Waals surface area contributed by atoms with Crippen LogP contribution in [0.1, 0.15) is 12.8 Å². The van der Waals surface area contributed by atoms with Crippen molar-refractivity contribution in [2.75, 3.05) is 5.32 Å². The molecule has 1 unspecified atom stereocenters. The predicted molar refractivity (Wildman–Crippen MR) is 138 cm³/mol. The van der Waals surface area contributed by atoms with Crippen molar-refractivity contribution in [3.8, 4) is 33.2 Å². The van der Waals surface area contributed by atoms with Gasteiger partial charge >= 0.3 is 0 Å². The molecule has 6 aromatic rings. The fourth-order valence-corrected chi connectivity index (χ4v) is 5.23. The molecule has 1 aliphatic carbocycles. The molecule has 184 valence electrons. The number of aliphatic hydroxyl groups excluding tert-OH is 1. The Balaban J connectivity index is 1.31. The van der Waals surface area contributed by atoms with E-state index < -0.39 is 12.0 Å². The summed E-state index contributed by atoms with van der Waals surface area (Å²) in [6.07, 6.45) is 6.13. The molecule has 0 amide bonds. The zero-order valence-electron chi connectivity index (χ0n) is 19.2. The normalized spacial score (nSPS) is 14.5. The number of aromatic amines is 2. The summed E-state index contributed by atoms with van der Waals surface area (Å²) in [6, 6.07) is 10.0. The van der Waals surface area contributed by atoms with Crippen LogP contribution in [0.3, 0.4) is 0 Å². The topological polar surface area (TPSA) is 115 Å². The molecule has 0 saturated heterocycles. The lowest BCUT2D eigenvalue weighted by atomic mass is 10.0. The van der Waals surface area contributed by atoms with E-state index in [4.69, 9.17) is 0 Å². The Morgan fingerprint density at radius 3 is 2.76 bits per heavy atom. The van der Waals surface area contributed by atoms with E-state index in [1.54, 1.807) is 48.9 Å². The second kappa shape index (κ2) is 8.43. The second-order valence-corrected chi connectivity index (χ2v) is 10.1. The Hall–Kier alpha value is -4.22. The van der Waals surface area contributed by atoms with Gasteiger partial charge in [-0.2, -0.15) is 9.49 Å². The van der Waals surface area contributed by atoms with Gasteiger partial charge in [0.15, 0.2) is 11.0 Å². The number of hydrogen-bond acceptors (Lipinski definition) is 7. The highest BCUT2D eigenvalue weighted by atomic mass is 32.1. The molecule has 11 heteroatoms. The highest BCUT2D eigenvalue weighted by Gasteiger charge is 2.29. The van der Waals surface area contributed by atoms with Crippen molar-refractivity contribution < 1.29 is 13.9 Å². The molecule has 1 atom stereocenters. The van der Waals surface area contributed by atoms with Crippen LogP contribution in [0.5, 0.6) is 0 Å². The molecule has 0 radical (unpaired) electrons. The van der Waals surface area contributed by atoms with Crippen molar-refractivity contribution in [3.63, 3.8) is 0 Å². The van der Waals surface area contributed by atoms with Gasteiger partial charge < -0.3 is 15.4 Å². The van der Waals surface area contributed by atoms with Crippen LogP contribution in [0.15, 0.2) is 55.0 Å². The van der Waals surface area contributed by atoms with Gasteiger partial charge in [-0.05, 0) is 49.2 Å². The van der Waals surface area contributed by atoms with Gasteiger partial charge in [0, 0.05) is 29.4 Å². The number of H-pyrrole nitrogens is 2. The predicted octanol–water partition coefficient (Wildman–Crippen LogP) is 5.71. The average Bonchev–Trinajstić information content (AvgIpc) is 3.29. The van der Waals surface area contributed by atoms with Gasteiger partial charge in [-0.15, -0.1) is 11.3 Å². The van der Waals surface area contributed by atoms with E-state index in [0.717, 1.165) is 24.2 Å². The van der Waals surface area contributed by atoms with Crippen molar-refractivity contribution in [1.82, 2.24) is 30.1 Å². The van der Waals surface area contributed by atoms with Crippen LogP contribution in [-0.2, 0) is 0 Å². The molecule has 1 aromatic carbocycles. The molecule has 37 heavy (non-hydrogen) atoms. The third kappa shape index (κ3) is 3.83. The third-order valence-electron chi connectivity index (χ3n) is 6.53. The second-order valence-electron chi connectivity index (χ2n) is 9.06. The minimum absolute atomic E-state index is 0.239. The number of thiophene rings is 1. The lowest BCUT2D eigenvalue weighted by Gasteiger charge is -2.14. The molecular weight excluding hydrogens is 496 g/mol. The number of pyridine rings is 2. The Morgan fingerprint density at radius 2 is 1.95 bits per heavy atom. The summed E-state index contributed by atoms with van der Waals surface area (Å²) in [5, 5.41) is 20.5. The first-order valence-electron chi connectivity index (χ1n) is 11.7. The maximum atomic E-state index is 16.0. The van der Waals surface area contributed by atoms with E-state index in [0.29, 0.717) is 55.5 Å². The van der Waals surface area contributed by atoms with E-state index in [1.165, 1.54) is 6.07 Å². The Morgan fingerprint density at radius 1 is 1.05 bits per heavy atom. The largest absolute Gasteiger partial charge is 0.374 e. The van der Waals surface area contributed by atoms with Gasteiger partial charge in [-0.25, -0.2) is 9.37 Å². The summed E-state index contributed by atoms with van der Waals surface area (Å²) in [7, 11) is 0. The van der Waals surface area contributed by atoms with Gasteiger partial charge in [0.2, 0.25) is 0 Å². The third-order valence-corrected chi connectivity index (χ3v) is 7.41. The molecule has 0 spiro atoms. The highest BCUT2D eigenvalue weighted by Crippen LogP contribution is 2.37. The van der Waals surface area contributed by atoms with Crippen LogP contribution in [0, 0.1) is 16.9 Å². The quantitative estimate of drug-likeness (QED) is 0.211. The molecule has 5 aromatic heterocycles. The first kappa shape index (κ1) is 22.0. The number of halogens is 2. The van der Waals surface area contributed by atoms with Gasteiger partial charge in [0.1, 0.15) is 28.9 Å². The van der Waals surface area contributed by atoms with E-state index in [2.05, 4.69) is 35.5 Å². The number of fused-ring (bicyclic) bond motifs is 2. The van der Waals surface area contributed by atoms with Gasteiger partial charge in [0.05, 0.1) is 33.2 Å². The minimum atomic E-state index is -0.650. The van der Waals surface area contributed by atoms with E-state index in [1.807, 2.05) is 0 Å². The van der Waals surface area contributed by atoms with E-state index in [9.17, 15) is 9.50 Å². The lowest BCUT2D eigenvalue weighted by Crippen LogP contribution is -2.20. The highest BCUT2D eigenvalue weighted by molar-refractivity contribution is 7.13. The number of benzene rings is 1. The van der Waals surface area contributed by atoms with E-state index in [-0.39, 0.29) is 16.4 Å². The molecule has 8 nitrogen and oxygen atoms in total. The van der Waals surface area contributed by atoms with Gasteiger partial charge in [0.25, 0.3) is 0 Å². The Labute approximate surface area is 212 Å². The zero-order valence-corrected chi connectivity index (χ0v) is 20.0. The van der Waals surface area contributed by atoms with Crippen molar-refractivity contribution in [2.45, 2.75) is 19.1 Å². The number of imidazole rings is 1. The average molecular weight is 516 g/mol. The molecule has 5 heterocycles. The first-order valence-corrected chi connectivity index (χ1v) is 12.5. The van der Waals surface area contributed by atoms with Gasteiger partial charge in [-0.1, -0.05) is 0 Å². The maximum absolute atomic E-state index is 16.0. The van der Waals surface area contributed by atoms with Crippen molar-refractivity contribution >= 4 is 39.0 Å². The SMILES string of the molecule is OC(Nc1cncc(-c2ccc3[nH]nc(-c4nc5c(-c6ccc(F)s6)nccc5[nH]4)c3c2F)c1)C1CC1. The summed E-state index contributed by atoms with van der Waals surface area (Å²) >= 11 is 0.985. The monoisotopic (exact) mass is 515 g/mol. The Kier molecular flexibility index (Phi) is 5.01. The molecule has 1 saturated carbocycles. The number of rotatable bonds is 6. The number of nitrogens with zero attached hydrogens (tertiary/aromatic N) is 4. The minimum Gasteiger partial charge on any atom is -0.374 e. The number of anilines is 1. The fourth-order valence-electron chi connectivity index (χ4n) is 4.50. The van der Waals surface area contributed by atoms with Crippen molar-refractivity contribution in [1.29, 1.82) is 0 Å². The lowest BCUT2D eigenvalue weighted by molar-refractivity contribution is 0.180. The molecule has 1 fully saturated rings. The van der Waals surface area contributed by atoms with Gasteiger partial charge in [-0.3, -0.25) is 15.1 Å². The maximum Gasteiger partial charge on any atom is 0.177 e. The summed E-state index contributed by atoms with van der Waals surface area (Å²) in [4.78, 5) is 17.1. The van der Waals surface area contributed by atoms with Crippen LogP contribution >= 0.6 is 11.3 Å². The molecule has 0 bridgehead atoms. The van der Waals surface area contributed by atoms with Crippen molar-refractivity contribution in [2.24, 2.45) is 5.92 Å². The fraction of sp³-hybridized carbons (Fsp3) is 0.154.